The third-order valence-electron chi connectivity index (χ3n) is 3.34. The topological polar surface area (TPSA) is 76.8 Å². The van der Waals surface area contributed by atoms with Gasteiger partial charge in [0.25, 0.3) is 0 Å². The summed E-state index contributed by atoms with van der Waals surface area (Å²) in [4.78, 5) is 4.09. The Bertz CT molecular complexity index is 929. The summed E-state index contributed by atoms with van der Waals surface area (Å²) in [7, 11) is 1.43. The number of methoxy groups -OCH3 is 1. The van der Waals surface area contributed by atoms with Crippen LogP contribution in [0.2, 0.25) is 5.02 Å². The van der Waals surface area contributed by atoms with Gasteiger partial charge in [-0.1, -0.05) is 11.6 Å². The van der Waals surface area contributed by atoms with E-state index in [1.807, 2.05) is 0 Å². The number of hydrogen-bond donors (Lipinski definition) is 2. The molecular formula is C15H10ClF3N4O. The number of nitrogens with one attached hydrogen (secondary N) is 1. The molecule has 0 amide bonds. The fourth-order valence-corrected chi connectivity index (χ4v) is 2.29. The van der Waals surface area contributed by atoms with E-state index >= 15 is 0 Å². The van der Waals surface area contributed by atoms with Crippen LogP contribution >= 0.6 is 11.6 Å². The number of H-pyrrole nitrogens is 1. The smallest absolute Gasteiger partial charge is 0.195 e. The van der Waals surface area contributed by atoms with Gasteiger partial charge < -0.3 is 10.5 Å². The van der Waals surface area contributed by atoms with E-state index in [-0.39, 0.29) is 22.2 Å². The molecule has 0 aliphatic carbocycles. The second-order valence-electron chi connectivity index (χ2n) is 4.80. The third kappa shape index (κ3) is 2.65. The number of aromatic amines is 1. The van der Waals surface area contributed by atoms with Crippen molar-refractivity contribution < 1.29 is 17.9 Å². The van der Waals surface area contributed by atoms with Crippen LogP contribution in [0.1, 0.15) is 0 Å². The van der Waals surface area contributed by atoms with Crippen molar-refractivity contribution in [3.8, 4) is 28.5 Å². The number of benzene rings is 2. The summed E-state index contributed by atoms with van der Waals surface area (Å²) < 4.78 is 45.4. The number of nitrogens with zero attached hydrogens (tertiary/aromatic N) is 2. The highest BCUT2D eigenvalue weighted by molar-refractivity contribution is 6.33. The summed E-state index contributed by atoms with van der Waals surface area (Å²) in [5, 5.41) is 6.67. The normalized spacial score (nSPS) is 10.9. The average molecular weight is 355 g/mol. The summed E-state index contributed by atoms with van der Waals surface area (Å²) in [6, 6.07) is 4.85. The Morgan fingerprint density at radius 3 is 2.58 bits per heavy atom. The molecule has 0 bridgehead atoms. The van der Waals surface area contributed by atoms with E-state index in [0.717, 1.165) is 12.1 Å². The van der Waals surface area contributed by atoms with Crippen LogP contribution in [0.5, 0.6) is 5.75 Å². The number of hydrogen-bond acceptors (Lipinski definition) is 4. The summed E-state index contributed by atoms with van der Waals surface area (Å²) in [6.45, 7) is 0. The fraction of sp³-hybridized carbons (Fsp3) is 0.0667. The number of ether oxygens (including phenoxy) is 1. The second kappa shape index (κ2) is 6.04. The van der Waals surface area contributed by atoms with Gasteiger partial charge in [-0.3, -0.25) is 5.10 Å². The number of nitrogens with two attached hydrogens (primary N) is 1. The van der Waals surface area contributed by atoms with Gasteiger partial charge in [0.2, 0.25) is 0 Å². The van der Waals surface area contributed by atoms with E-state index in [1.54, 1.807) is 0 Å². The number of halogens is 4. The Kier molecular flexibility index (Phi) is 4.06. The van der Waals surface area contributed by atoms with Gasteiger partial charge in [0, 0.05) is 6.07 Å². The van der Waals surface area contributed by atoms with Crippen molar-refractivity contribution in [1.29, 1.82) is 0 Å². The molecule has 24 heavy (non-hydrogen) atoms. The van der Waals surface area contributed by atoms with Gasteiger partial charge in [-0.25, -0.2) is 18.2 Å². The van der Waals surface area contributed by atoms with Crippen molar-refractivity contribution in [3.63, 3.8) is 0 Å². The molecule has 0 aliphatic rings. The highest BCUT2D eigenvalue weighted by Crippen LogP contribution is 2.35. The number of nitrogen functional groups attached to an aromatic ring is 1. The van der Waals surface area contributed by atoms with Gasteiger partial charge in [-0.2, -0.15) is 5.10 Å². The van der Waals surface area contributed by atoms with Crippen LogP contribution in [0.25, 0.3) is 22.8 Å². The summed E-state index contributed by atoms with van der Waals surface area (Å²) in [6.07, 6.45) is 0. The third-order valence-corrected chi connectivity index (χ3v) is 3.66. The first-order valence-electron chi connectivity index (χ1n) is 6.62. The van der Waals surface area contributed by atoms with Gasteiger partial charge in [-0.05, 0) is 18.2 Å². The molecule has 3 aromatic rings. The molecule has 1 heterocycles. The monoisotopic (exact) mass is 354 g/mol. The molecule has 0 unspecified atom stereocenters. The Morgan fingerprint density at radius 2 is 1.88 bits per heavy atom. The lowest BCUT2D eigenvalue weighted by molar-refractivity contribution is 0.416. The molecule has 9 heteroatoms. The predicted molar refractivity (Wildman–Crippen MR) is 83.1 cm³/mol. The quantitative estimate of drug-likeness (QED) is 0.554. The van der Waals surface area contributed by atoms with Crippen LogP contribution < -0.4 is 10.5 Å². The molecule has 0 fully saturated rings. The summed E-state index contributed by atoms with van der Waals surface area (Å²) in [5.74, 6) is -3.82. The van der Waals surface area contributed by atoms with Crippen molar-refractivity contribution in [2.75, 3.05) is 12.8 Å². The highest BCUT2D eigenvalue weighted by Gasteiger charge is 2.19. The van der Waals surface area contributed by atoms with Crippen molar-refractivity contribution in [2.24, 2.45) is 0 Å². The molecule has 0 saturated heterocycles. The zero-order valence-corrected chi connectivity index (χ0v) is 13.0. The molecule has 5 nitrogen and oxygen atoms in total. The van der Waals surface area contributed by atoms with Crippen molar-refractivity contribution in [1.82, 2.24) is 15.2 Å². The number of anilines is 1. The molecule has 124 valence electrons. The van der Waals surface area contributed by atoms with Crippen molar-refractivity contribution >= 4 is 17.3 Å². The van der Waals surface area contributed by atoms with Gasteiger partial charge in [0.1, 0.15) is 5.75 Å². The molecule has 0 aliphatic heterocycles. The SMILES string of the molecule is COc1cc(N)c(Cl)cc1-c1n[nH]c(-c2ccc(F)c(F)c2F)n1. The summed E-state index contributed by atoms with van der Waals surface area (Å²) in [5.41, 5.74) is 6.16. The Labute approximate surface area is 139 Å². The van der Waals surface area contributed by atoms with E-state index in [4.69, 9.17) is 22.1 Å². The lowest BCUT2D eigenvalue weighted by Crippen LogP contribution is -1.95. The van der Waals surface area contributed by atoms with Crippen LogP contribution in [0.4, 0.5) is 18.9 Å². The van der Waals surface area contributed by atoms with Gasteiger partial charge in [0.05, 0.1) is 28.9 Å². The molecule has 0 saturated carbocycles. The lowest BCUT2D eigenvalue weighted by atomic mass is 10.1. The van der Waals surface area contributed by atoms with Crippen LogP contribution in [-0.4, -0.2) is 22.3 Å². The van der Waals surface area contributed by atoms with E-state index in [1.165, 1.54) is 19.2 Å². The average Bonchev–Trinajstić information content (AvgIpc) is 3.04. The van der Waals surface area contributed by atoms with Crippen LogP contribution in [-0.2, 0) is 0 Å². The first-order chi connectivity index (χ1) is 11.4. The number of aromatic nitrogens is 3. The second-order valence-corrected chi connectivity index (χ2v) is 5.21. The Balaban J connectivity index is 2.10. The molecule has 1 aromatic heterocycles. The van der Waals surface area contributed by atoms with Crippen LogP contribution in [0.3, 0.4) is 0 Å². The zero-order chi connectivity index (χ0) is 17.4. The van der Waals surface area contributed by atoms with E-state index in [2.05, 4.69) is 15.2 Å². The van der Waals surface area contributed by atoms with Crippen LogP contribution in [0, 0.1) is 17.5 Å². The molecule has 3 N–H and O–H groups in total. The maximum Gasteiger partial charge on any atom is 0.195 e. The number of rotatable bonds is 3. The Morgan fingerprint density at radius 1 is 1.12 bits per heavy atom. The van der Waals surface area contributed by atoms with Crippen LogP contribution in [0.15, 0.2) is 24.3 Å². The standard InChI is InChI=1S/C15H10ClF3N4O/c1-24-11-5-10(20)8(16)4-7(11)15-21-14(22-23-15)6-2-3-9(17)13(19)12(6)18/h2-5H,20H2,1H3,(H,21,22,23). The molecular weight excluding hydrogens is 345 g/mol. The highest BCUT2D eigenvalue weighted by atomic mass is 35.5. The Hall–Kier alpha value is -2.74. The first kappa shape index (κ1) is 16.1. The van der Waals surface area contributed by atoms with Crippen molar-refractivity contribution in [2.45, 2.75) is 0 Å². The molecule has 3 rings (SSSR count). The fourth-order valence-electron chi connectivity index (χ4n) is 2.12. The molecule has 2 aromatic carbocycles. The van der Waals surface area contributed by atoms with E-state index in [9.17, 15) is 13.2 Å². The first-order valence-corrected chi connectivity index (χ1v) is 6.99. The summed E-state index contributed by atoms with van der Waals surface area (Å²) >= 11 is 5.98. The van der Waals surface area contributed by atoms with Gasteiger partial charge in [0.15, 0.2) is 29.1 Å². The zero-order valence-electron chi connectivity index (χ0n) is 12.2. The maximum absolute atomic E-state index is 13.9. The lowest BCUT2D eigenvalue weighted by Gasteiger charge is -2.08. The van der Waals surface area contributed by atoms with Gasteiger partial charge >= 0.3 is 0 Å². The molecule has 0 atom stereocenters. The largest absolute Gasteiger partial charge is 0.496 e. The van der Waals surface area contributed by atoms with Gasteiger partial charge in [-0.15, -0.1) is 0 Å². The van der Waals surface area contributed by atoms with E-state index in [0.29, 0.717) is 17.0 Å². The molecule has 0 spiro atoms. The molecule has 0 radical (unpaired) electrons. The van der Waals surface area contributed by atoms with E-state index < -0.39 is 17.5 Å². The minimum absolute atomic E-state index is 0.0728. The minimum Gasteiger partial charge on any atom is -0.496 e. The maximum atomic E-state index is 13.9. The van der Waals surface area contributed by atoms with Crippen molar-refractivity contribution in [3.05, 3.63) is 46.7 Å². The minimum atomic E-state index is -1.58. The predicted octanol–water partition coefficient (Wildman–Crippen LogP) is 3.80.